The molecule has 0 aliphatic rings. The van der Waals surface area contributed by atoms with Crippen LogP contribution in [0.4, 0.5) is 8.78 Å². The summed E-state index contributed by atoms with van der Waals surface area (Å²) in [5.74, 6) is -1.19. The number of benzene rings is 1. The zero-order valence-electron chi connectivity index (χ0n) is 9.47. The predicted octanol–water partition coefficient (Wildman–Crippen LogP) is 0.841. The summed E-state index contributed by atoms with van der Waals surface area (Å²) in [6, 6.07) is 3.02. The molecule has 1 aromatic carbocycles. The molecule has 0 unspecified atom stereocenters. The Kier molecular flexibility index (Phi) is 2.55. The maximum absolute atomic E-state index is 13.5. The van der Waals surface area contributed by atoms with Crippen LogP contribution in [0.25, 0.3) is 11.0 Å². The van der Waals surface area contributed by atoms with Crippen molar-refractivity contribution in [3.63, 3.8) is 0 Å². The van der Waals surface area contributed by atoms with E-state index in [0.29, 0.717) is 5.52 Å². The molecule has 0 bridgehead atoms. The largest absolute Gasteiger partial charge is 0.295 e. The van der Waals surface area contributed by atoms with E-state index in [-0.39, 0.29) is 17.6 Å². The Morgan fingerprint density at radius 2 is 2.16 bits per heavy atom. The van der Waals surface area contributed by atoms with Crippen LogP contribution in [-0.2, 0) is 6.54 Å². The van der Waals surface area contributed by atoms with Crippen LogP contribution in [0.2, 0.25) is 0 Å². The van der Waals surface area contributed by atoms with Crippen molar-refractivity contribution in [3.05, 3.63) is 51.9 Å². The van der Waals surface area contributed by atoms with Gasteiger partial charge in [0.2, 0.25) is 0 Å². The Bertz CT molecular complexity index is 810. The minimum atomic E-state index is -0.611. The molecule has 8 heteroatoms. The van der Waals surface area contributed by atoms with Crippen molar-refractivity contribution < 1.29 is 8.78 Å². The van der Waals surface area contributed by atoms with Crippen LogP contribution in [0.5, 0.6) is 0 Å². The van der Waals surface area contributed by atoms with Crippen molar-refractivity contribution in [2.45, 2.75) is 6.54 Å². The van der Waals surface area contributed by atoms with Crippen LogP contribution in [0.1, 0.15) is 5.56 Å². The van der Waals surface area contributed by atoms with Gasteiger partial charge in [-0.2, -0.15) is 5.10 Å². The Hall–Kier alpha value is -2.64. The van der Waals surface area contributed by atoms with Crippen molar-refractivity contribution in [1.29, 1.82) is 0 Å². The third-order valence-electron chi connectivity index (χ3n) is 2.66. The second kappa shape index (κ2) is 4.23. The summed E-state index contributed by atoms with van der Waals surface area (Å²) in [6.07, 6.45) is 1.36. The normalized spacial score (nSPS) is 11.1. The molecule has 3 rings (SSSR count). The molecule has 2 aromatic heterocycles. The molecule has 96 valence electrons. The van der Waals surface area contributed by atoms with Crippen molar-refractivity contribution in [2.75, 3.05) is 0 Å². The van der Waals surface area contributed by atoms with E-state index in [1.54, 1.807) is 0 Å². The fraction of sp³-hybridized carbons (Fsp3) is 0.0909. The first-order valence-corrected chi connectivity index (χ1v) is 5.36. The molecule has 0 saturated heterocycles. The van der Waals surface area contributed by atoms with Crippen molar-refractivity contribution in [3.8, 4) is 0 Å². The topological polar surface area (TPSA) is 76.5 Å². The van der Waals surface area contributed by atoms with E-state index in [2.05, 4.69) is 20.5 Å². The molecule has 19 heavy (non-hydrogen) atoms. The highest BCUT2D eigenvalue weighted by Crippen LogP contribution is 2.10. The average Bonchev–Trinajstić information content (AvgIpc) is 2.86. The Morgan fingerprint density at radius 1 is 1.32 bits per heavy atom. The highest BCUT2D eigenvalue weighted by atomic mass is 19.1. The maximum Gasteiger partial charge on any atom is 0.295 e. The summed E-state index contributed by atoms with van der Waals surface area (Å²) in [7, 11) is 0. The number of aromatic nitrogens is 5. The fourth-order valence-electron chi connectivity index (χ4n) is 1.71. The first-order chi connectivity index (χ1) is 9.15. The van der Waals surface area contributed by atoms with E-state index in [1.807, 2.05) is 0 Å². The molecule has 0 radical (unpaired) electrons. The van der Waals surface area contributed by atoms with Crippen LogP contribution in [0, 0.1) is 11.6 Å². The number of nitrogens with zero attached hydrogens (tertiary/aromatic N) is 4. The van der Waals surface area contributed by atoms with Crippen molar-refractivity contribution in [2.24, 2.45) is 0 Å². The van der Waals surface area contributed by atoms with E-state index in [9.17, 15) is 13.6 Å². The molecule has 0 fully saturated rings. The Morgan fingerprint density at radius 3 is 3.00 bits per heavy atom. The van der Waals surface area contributed by atoms with E-state index in [1.165, 1.54) is 6.20 Å². The summed E-state index contributed by atoms with van der Waals surface area (Å²) in [6.45, 7) is -0.204. The first kappa shape index (κ1) is 11.5. The molecule has 2 heterocycles. The third kappa shape index (κ3) is 1.96. The van der Waals surface area contributed by atoms with Crippen molar-refractivity contribution >= 4 is 11.0 Å². The third-order valence-corrected chi connectivity index (χ3v) is 2.66. The second-order valence-electron chi connectivity index (χ2n) is 3.92. The van der Waals surface area contributed by atoms with E-state index in [4.69, 9.17) is 0 Å². The van der Waals surface area contributed by atoms with Gasteiger partial charge in [-0.25, -0.2) is 13.5 Å². The molecule has 0 amide bonds. The SMILES string of the molecule is O=c1c2[nH]ncc2nnn1Cc1cc(F)ccc1F. The lowest BCUT2D eigenvalue weighted by Gasteiger charge is -2.04. The summed E-state index contributed by atoms with van der Waals surface area (Å²) in [4.78, 5) is 12.0. The summed E-state index contributed by atoms with van der Waals surface area (Å²) < 4.78 is 27.5. The lowest BCUT2D eigenvalue weighted by molar-refractivity contribution is 0.545. The molecule has 3 aromatic rings. The maximum atomic E-state index is 13.5. The van der Waals surface area contributed by atoms with Gasteiger partial charge in [0.15, 0.2) is 5.52 Å². The van der Waals surface area contributed by atoms with Crippen LogP contribution in [-0.4, -0.2) is 25.2 Å². The fourth-order valence-corrected chi connectivity index (χ4v) is 1.71. The average molecular weight is 263 g/mol. The Balaban J connectivity index is 2.08. The quantitative estimate of drug-likeness (QED) is 0.743. The number of aromatic amines is 1. The monoisotopic (exact) mass is 263 g/mol. The van der Waals surface area contributed by atoms with Crippen LogP contribution in [0.15, 0.2) is 29.2 Å². The van der Waals surface area contributed by atoms with E-state index < -0.39 is 17.2 Å². The molecule has 0 spiro atoms. The smallest absolute Gasteiger partial charge is 0.271 e. The number of rotatable bonds is 2. The van der Waals surface area contributed by atoms with Crippen LogP contribution < -0.4 is 5.56 Å². The van der Waals surface area contributed by atoms with Gasteiger partial charge in [-0.3, -0.25) is 9.89 Å². The standard InChI is InChI=1S/C11H7F2N5O/c12-7-1-2-8(13)6(3-7)5-18-11(19)10-9(15-17-18)4-14-16-10/h1-4H,5H2,(H,14,16). The van der Waals surface area contributed by atoms with Crippen LogP contribution in [0.3, 0.4) is 0 Å². The van der Waals surface area contributed by atoms with E-state index in [0.717, 1.165) is 22.9 Å². The molecule has 0 saturated carbocycles. The van der Waals surface area contributed by atoms with E-state index >= 15 is 0 Å². The second-order valence-corrected chi connectivity index (χ2v) is 3.92. The molecule has 1 N–H and O–H groups in total. The van der Waals surface area contributed by atoms with Gasteiger partial charge < -0.3 is 0 Å². The molecule has 0 aliphatic heterocycles. The molecular formula is C11H7F2N5O. The van der Waals surface area contributed by atoms with Gasteiger partial charge in [0, 0.05) is 5.56 Å². The number of halogens is 2. The molecular weight excluding hydrogens is 256 g/mol. The first-order valence-electron chi connectivity index (χ1n) is 5.36. The molecule has 0 atom stereocenters. The number of nitrogens with one attached hydrogen (secondary N) is 1. The zero-order valence-corrected chi connectivity index (χ0v) is 9.47. The van der Waals surface area contributed by atoms with Crippen molar-refractivity contribution in [1.82, 2.24) is 25.2 Å². The lowest BCUT2D eigenvalue weighted by atomic mass is 10.2. The summed E-state index contributed by atoms with van der Waals surface area (Å²) >= 11 is 0. The van der Waals surface area contributed by atoms with Gasteiger partial charge in [-0.05, 0) is 18.2 Å². The Labute approximate surface area is 104 Å². The van der Waals surface area contributed by atoms with Gasteiger partial charge in [0.1, 0.15) is 17.2 Å². The summed E-state index contributed by atoms with van der Waals surface area (Å²) in [5.41, 5.74) is 0.0224. The van der Waals surface area contributed by atoms with Gasteiger partial charge in [0.05, 0.1) is 12.7 Å². The van der Waals surface area contributed by atoms with Gasteiger partial charge in [-0.1, -0.05) is 5.21 Å². The number of H-pyrrole nitrogens is 1. The van der Waals surface area contributed by atoms with Gasteiger partial charge >= 0.3 is 0 Å². The summed E-state index contributed by atoms with van der Waals surface area (Å²) in [5, 5.41) is 13.6. The number of fused-ring (bicyclic) bond motifs is 1. The minimum Gasteiger partial charge on any atom is -0.271 e. The highest BCUT2D eigenvalue weighted by molar-refractivity contribution is 5.70. The number of hydrogen-bond donors (Lipinski definition) is 1. The lowest BCUT2D eigenvalue weighted by Crippen LogP contribution is -2.25. The molecule has 0 aliphatic carbocycles. The zero-order chi connectivity index (χ0) is 13.4. The minimum absolute atomic E-state index is 0.0234. The van der Waals surface area contributed by atoms with Gasteiger partial charge in [0.25, 0.3) is 5.56 Å². The number of hydrogen-bond acceptors (Lipinski definition) is 4. The van der Waals surface area contributed by atoms with Gasteiger partial charge in [-0.15, -0.1) is 5.10 Å². The predicted molar refractivity (Wildman–Crippen MR) is 61.4 cm³/mol. The van der Waals surface area contributed by atoms with Crippen LogP contribution >= 0.6 is 0 Å². The highest BCUT2D eigenvalue weighted by Gasteiger charge is 2.10. The molecule has 6 nitrogen and oxygen atoms in total.